The van der Waals surface area contributed by atoms with Crippen LogP contribution in [-0.2, 0) is 4.79 Å². The van der Waals surface area contributed by atoms with Crippen molar-refractivity contribution in [3.8, 4) is 0 Å². The highest BCUT2D eigenvalue weighted by molar-refractivity contribution is 6.30. The maximum Gasteiger partial charge on any atom is 0.328 e. The van der Waals surface area contributed by atoms with Gasteiger partial charge >= 0.3 is 5.97 Å². The van der Waals surface area contributed by atoms with Crippen LogP contribution in [0.2, 0.25) is 5.02 Å². The van der Waals surface area contributed by atoms with E-state index >= 15 is 0 Å². The number of pyridine rings is 1. The van der Waals surface area contributed by atoms with E-state index in [1.807, 2.05) is 0 Å². The van der Waals surface area contributed by atoms with E-state index < -0.39 is 11.9 Å². The van der Waals surface area contributed by atoms with Crippen LogP contribution < -0.4 is 0 Å². The van der Waals surface area contributed by atoms with Crippen molar-refractivity contribution in [2.45, 2.75) is 0 Å². The highest BCUT2D eigenvalue weighted by Gasteiger charge is 2.00. The molecule has 1 aromatic heterocycles. The molecule has 1 rings (SSSR count). The van der Waals surface area contributed by atoms with Gasteiger partial charge in [0.25, 0.3) is 0 Å². The average molecular weight is 202 g/mol. The summed E-state index contributed by atoms with van der Waals surface area (Å²) in [6.45, 7) is 0. The highest BCUT2D eigenvalue weighted by atomic mass is 35.5. The minimum absolute atomic E-state index is 0.0903. The smallest absolute Gasteiger partial charge is 0.328 e. The molecule has 13 heavy (non-hydrogen) atoms. The number of hydrogen-bond acceptors (Lipinski definition) is 2. The van der Waals surface area contributed by atoms with Gasteiger partial charge in [-0.2, -0.15) is 4.39 Å². The van der Waals surface area contributed by atoms with Gasteiger partial charge in [-0.1, -0.05) is 11.6 Å². The maximum absolute atomic E-state index is 12.7. The molecule has 0 saturated heterocycles. The number of halogens is 2. The number of hydrogen-bond donors (Lipinski definition) is 1. The fourth-order valence-corrected chi connectivity index (χ4v) is 0.786. The van der Waals surface area contributed by atoms with E-state index in [1.54, 1.807) is 0 Å². The molecule has 0 fully saturated rings. The number of carbonyl (C=O) groups is 1. The summed E-state index contributed by atoms with van der Waals surface area (Å²) in [6, 6.07) is 2.73. The van der Waals surface area contributed by atoms with E-state index in [-0.39, 0.29) is 10.7 Å². The molecule has 3 nitrogen and oxygen atoms in total. The van der Waals surface area contributed by atoms with Gasteiger partial charge in [0.05, 0.1) is 10.7 Å². The molecule has 0 spiro atoms. The molecule has 0 aromatic carbocycles. The lowest BCUT2D eigenvalue weighted by molar-refractivity contribution is -0.131. The molecule has 0 saturated carbocycles. The van der Waals surface area contributed by atoms with E-state index in [0.29, 0.717) is 0 Å². The van der Waals surface area contributed by atoms with Crippen molar-refractivity contribution in [1.82, 2.24) is 4.98 Å². The Bertz CT molecular complexity index is 365. The van der Waals surface area contributed by atoms with E-state index in [1.165, 1.54) is 18.2 Å². The van der Waals surface area contributed by atoms with E-state index in [0.717, 1.165) is 6.08 Å². The SMILES string of the molecule is O=C(O)C=Cc1ccc(Cl)c(F)n1. The zero-order valence-corrected chi connectivity index (χ0v) is 7.12. The molecule has 0 radical (unpaired) electrons. The molecule has 0 aliphatic rings. The van der Waals surface area contributed by atoms with Crippen molar-refractivity contribution in [3.63, 3.8) is 0 Å². The van der Waals surface area contributed by atoms with Crippen molar-refractivity contribution in [3.05, 3.63) is 34.9 Å². The first kappa shape index (κ1) is 9.67. The van der Waals surface area contributed by atoms with Crippen LogP contribution in [0, 0.1) is 5.95 Å². The second kappa shape index (κ2) is 4.00. The highest BCUT2D eigenvalue weighted by Crippen LogP contribution is 2.12. The molecule has 0 aliphatic carbocycles. The quantitative estimate of drug-likeness (QED) is 0.588. The van der Waals surface area contributed by atoms with Gasteiger partial charge in [0, 0.05) is 6.08 Å². The molecule has 0 unspecified atom stereocenters. The zero-order chi connectivity index (χ0) is 9.84. The summed E-state index contributed by atoms with van der Waals surface area (Å²) in [5.41, 5.74) is 0.212. The summed E-state index contributed by atoms with van der Waals surface area (Å²) in [6.07, 6.45) is 2.05. The third-order valence-corrected chi connectivity index (χ3v) is 1.50. The Morgan fingerprint density at radius 3 is 2.85 bits per heavy atom. The summed E-state index contributed by atoms with van der Waals surface area (Å²) >= 11 is 5.37. The van der Waals surface area contributed by atoms with Crippen molar-refractivity contribution < 1.29 is 14.3 Å². The third kappa shape index (κ3) is 2.83. The van der Waals surface area contributed by atoms with Crippen LogP contribution >= 0.6 is 11.6 Å². The third-order valence-electron chi connectivity index (χ3n) is 1.22. The normalized spacial score (nSPS) is 10.6. The van der Waals surface area contributed by atoms with Crippen LogP contribution in [0.3, 0.4) is 0 Å². The zero-order valence-electron chi connectivity index (χ0n) is 6.37. The summed E-state index contributed by atoms with van der Waals surface area (Å²) in [5.74, 6) is -1.92. The number of rotatable bonds is 2. The predicted octanol–water partition coefficient (Wildman–Crippen LogP) is 1.97. The average Bonchev–Trinajstić information content (AvgIpc) is 2.07. The number of nitrogens with zero attached hydrogens (tertiary/aromatic N) is 1. The molecule has 0 amide bonds. The van der Waals surface area contributed by atoms with Crippen LogP contribution in [0.1, 0.15) is 5.69 Å². The molecular formula is C8H5ClFNO2. The van der Waals surface area contributed by atoms with Crippen molar-refractivity contribution >= 4 is 23.6 Å². The monoisotopic (exact) mass is 201 g/mol. The van der Waals surface area contributed by atoms with E-state index in [4.69, 9.17) is 16.7 Å². The van der Waals surface area contributed by atoms with Gasteiger partial charge in [0.2, 0.25) is 5.95 Å². The molecule has 0 bridgehead atoms. The predicted molar refractivity (Wildman–Crippen MR) is 45.9 cm³/mol. The van der Waals surface area contributed by atoms with Crippen molar-refractivity contribution in [2.75, 3.05) is 0 Å². The van der Waals surface area contributed by atoms with Crippen LogP contribution in [-0.4, -0.2) is 16.1 Å². The van der Waals surface area contributed by atoms with Crippen molar-refractivity contribution in [1.29, 1.82) is 0 Å². The van der Waals surface area contributed by atoms with Gasteiger partial charge in [0.1, 0.15) is 0 Å². The standard InChI is InChI=1S/C8H5ClFNO2/c9-6-3-1-5(11-8(6)10)2-4-7(12)13/h1-4H,(H,12,13). The number of aliphatic carboxylic acids is 1. The lowest BCUT2D eigenvalue weighted by atomic mass is 10.3. The largest absolute Gasteiger partial charge is 0.478 e. The molecule has 1 heterocycles. The first-order valence-electron chi connectivity index (χ1n) is 3.32. The lowest BCUT2D eigenvalue weighted by Gasteiger charge is -1.94. The molecule has 0 atom stereocenters. The number of carboxylic acids is 1. The first-order valence-corrected chi connectivity index (χ1v) is 3.70. The molecule has 0 aliphatic heterocycles. The van der Waals surface area contributed by atoms with Gasteiger partial charge in [0.15, 0.2) is 0 Å². The molecular weight excluding hydrogens is 197 g/mol. The minimum Gasteiger partial charge on any atom is -0.478 e. The van der Waals surface area contributed by atoms with Gasteiger partial charge in [-0.05, 0) is 18.2 Å². The summed E-state index contributed by atoms with van der Waals surface area (Å²) in [4.78, 5) is 13.5. The number of aromatic nitrogens is 1. The fraction of sp³-hybridized carbons (Fsp3) is 0. The Morgan fingerprint density at radius 1 is 1.62 bits per heavy atom. The topological polar surface area (TPSA) is 50.2 Å². The van der Waals surface area contributed by atoms with Crippen molar-refractivity contribution in [2.24, 2.45) is 0 Å². The van der Waals surface area contributed by atoms with Crippen LogP contribution in [0.25, 0.3) is 6.08 Å². The second-order valence-electron chi connectivity index (χ2n) is 2.18. The van der Waals surface area contributed by atoms with E-state index in [9.17, 15) is 9.18 Å². The molecule has 1 N–H and O–H groups in total. The van der Waals surface area contributed by atoms with Crippen LogP contribution in [0.4, 0.5) is 4.39 Å². The summed E-state index contributed by atoms with van der Waals surface area (Å²) < 4.78 is 12.7. The van der Waals surface area contributed by atoms with Gasteiger partial charge in [-0.25, -0.2) is 9.78 Å². The molecule has 1 aromatic rings. The van der Waals surface area contributed by atoms with Gasteiger partial charge < -0.3 is 5.11 Å². The fourth-order valence-electron chi connectivity index (χ4n) is 0.681. The Morgan fingerprint density at radius 2 is 2.31 bits per heavy atom. The summed E-state index contributed by atoms with van der Waals surface area (Å²) in [7, 11) is 0. The Labute approximate surface area is 78.5 Å². The first-order chi connectivity index (χ1) is 6.09. The van der Waals surface area contributed by atoms with Gasteiger partial charge in [-0.3, -0.25) is 0 Å². The lowest BCUT2D eigenvalue weighted by Crippen LogP contribution is -1.89. The summed E-state index contributed by atoms with van der Waals surface area (Å²) in [5, 5.41) is 8.17. The van der Waals surface area contributed by atoms with E-state index in [2.05, 4.69) is 4.98 Å². The van der Waals surface area contributed by atoms with Crippen LogP contribution in [0.5, 0.6) is 0 Å². The van der Waals surface area contributed by atoms with Gasteiger partial charge in [-0.15, -0.1) is 0 Å². The number of carboxylic acid groups (broad SMARTS) is 1. The Kier molecular flexibility index (Phi) is 2.97. The molecule has 68 valence electrons. The van der Waals surface area contributed by atoms with Crippen LogP contribution in [0.15, 0.2) is 18.2 Å². The Balaban J connectivity index is 2.92. The maximum atomic E-state index is 12.7. The second-order valence-corrected chi connectivity index (χ2v) is 2.59. The Hall–Kier alpha value is -1.42. The molecule has 5 heteroatoms. The minimum atomic E-state index is -1.11.